The number of rotatable bonds is 6. The molecule has 0 aromatic carbocycles. The number of piperidine rings is 1. The number of methoxy groups -OCH3 is 1. The molecule has 0 aromatic rings. The number of hydrogen-bond donors (Lipinski definition) is 2. The first kappa shape index (κ1) is 14.9. The highest BCUT2D eigenvalue weighted by Gasteiger charge is 2.33. The van der Waals surface area contributed by atoms with Crippen molar-refractivity contribution in [1.29, 1.82) is 0 Å². The minimum atomic E-state index is -0.938. The predicted octanol–water partition coefficient (Wildman–Crippen LogP) is 0.206. The summed E-state index contributed by atoms with van der Waals surface area (Å²) in [5.74, 6) is -1.19. The van der Waals surface area contributed by atoms with E-state index in [2.05, 4.69) is 0 Å². The molecule has 1 unspecified atom stereocenters. The first-order chi connectivity index (χ1) is 8.57. The smallest absolute Gasteiger partial charge is 0.326 e. The summed E-state index contributed by atoms with van der Waals surface area (Å²) in [6, 6.07) is -1.33. The predicted molar refractivity (Wildman–Crippen MR) is 66.1 cm³/mol. The number of ether oxygens (including phenoxy) is 1. The number of likely N-dealkylation sites (tertiary alicyclic amines) is 1. The Morgan fingerprint density at radius 2 is 2.22 bits per heavy atom. The van der Waals surface area contributed by atoms with Gasteiger partial charge in [-0.05, 0) is 32.1 Å². The van der Waals surface area contributed by atoms with Crippen LogP contribution in [0.2, 0.25) is 0 Å². The standard InChI is InChI=1S/C12H22N2O4/c1-18-8-4-5-9(13)11(15)14-7-3-2-6-10(14)12(16)17/h9-10H,2-8,13H2,1H3,(H,16,17)/t9?,10-/m1/s1. The molecule has 104 valence electrons. The van der Waals surface area contributed by atoms with Gasteiger partial charge in [0.15, 0.2) is 0 Å². The van der Waals surface area contributed by atoms with Gasteiger partial charge in [0, 0.05) is 20.3 Å². The Kier molecular flexibility index (Phi) is 6.07. The average molecular weight is 258 g/mol. The zero-order valence-electron chi connectivity index (χ0n) is 10.8. The lowest BCUT2D eigenvalue weighted by Crippen LogP contribution is -2.53. The van der Waals surface area contributed by atoms with Crippen molar-refractivity contribution in [3.05, 3.63) is 0 Å². The first-order valence-electron chi connectivity index (χ1n) is 6.35. The van der Waals surface area contributed by atoms with Gasteiger partial charge in [-0.1, -0.05) is 0 Å². The molecule has 3 N–H and O–H groups in total. The molecular formula is C12H22N2O4. The SMILES string of the molecule is COCCCC(N)C(=O)N1CCCC[C@@H]1C(=O)O. The van der Waals surface area contributed by atoms with Crippen LogP contribution < -0.4 is 5.73 Å². The van der Waals surface area contributed by atoms with E-state index >= 15 is 0 Å². The van der Waals surface area contributed by atoms with E-state index in [1.54, 1.807) is 7.11 Å². The van der Waals surface area contributed by atoms with Crippen LogP contribution in [-0.2, 0) is 14.3 Å². The second-order valence-corrected chi connectivity index (χ2v) is 4.62. The number of amides is 1. The van der Waals surface area contributed by atoms with Crippen LogP contribution in [0.25, 0.3) is 0 Å². The highest BCUT2D eigenvalue weighted by Crippen LogP contribution is 2.18. The van der Waals surface area contributed by atoms with E-state index in [-0.39, 0.29) is 5.91 Å². The zero-order valence-corrected chi connectivity index (χ0v) is 10.8. The molecule has 2 atom stereocenters. The lowest BCUT2D eigenvalue weighted by Gasteiger charge is -2.34. The van der Waals surface area contributed by atoms with Crippen molar-refractivity contribution >= 4 is 11.9 Å². The van der Waals surface area contributed by atoms with Gasteiger partial charge in [0.05, 0.1) is 6.04 Å². The van der Waals surface area contributed by atoms with Crippen molar-refractivity contribution < 1.29 is 19.4 Å². The minimum absolute atomic E-state index is 0.252. The third kappa shape index (κ3) is 3.96. The number of carboxylic acids is 1. The third-order valence-electron chi connectivity index (χ3n) is 3.25. The van der Waals surface area contributed by atoms with Crippen LogP contribution in [0.1, 0.15) is 32.1 Å². The van der Waals surface area contributed by atoms with Gasteiger partial charge in [-0.3, -0.25) is 4.79 Å². The van der Waals surface area contributed by atoms with E-state index in [1.165, 1.54) is 4.90 Å². The number of aliphatic carboxylic acids is 1. The summed E-state index contributed by atoms with van der Waals surface area (Å²) < 4.78 is 4.90. The molecule has 0 bridgehead atoms. The molecule has 0 aliphatic carbocycles. The highest BCUT2D eigenvalue weighted by molar-refractivity contribution is 5.87. The van der Waals surface area contributed by atoms with E-state index < -0.39 is 18.1 Å². The van der Waals surface area contributed by atoms with Crippen molar-refractivity contribution in [2.75, 3.05) is 20.3 Å². The van der Waals surface area contributed by atoms with Crippen LogP contribution in [0.3, 0.4) is 0 Å². The van der Waals surface area contributed by atoms with Gasteiger partial charge >= 0.3 is 5.97 Å². The number of nitrogens with two attached hydrogens (primary N) is 1. The molecule has 0 saturated carbocycles. The van der Waals surface area contributed by atoms with Crippen LogP contribution >= 0.6 is 0 Å². The van der Waals surface area contributed by atoms with Crippen molar-refractivity contribution in [2.24, 2.45) is 5.73 Å². The summed E-state index contributed by atoms with van der Waals surface area (Å²) in [7, 11) is 1.60. The van der Waals surface area contributed by atoms with Gasteiger partial charge in [-0.2, -0.15) is 0 Å². The minimum Gasteiger partial charge on any atom is -0.480 e. The Balaban J connectivity index is 2.54. The van der Waals surface area contributed by atoms with E-state index in [1.807, 2.05) is 0 Å². The van der Waals surface area contributed by atoms with Crippen LogP contribution in [0, 0.1) is 0 Å². The van der Waals surface area contributed by atoms with Gasteiger partial charge in [-0.25, -0.2) is 4.79 Å². The van der Waals surface area contributed by atoms with Crippen molar-refractivity contribution in [3.8, 4) is 0 Å². The maximum absolute atomic E-state index is 12.1. The van der Waals surface area contributed by atoms with Crippen LogP contribution in [0.4, 0.5) is 0 Å². The molecule has 6 nitrogen and oxygen atoms in total. The molecule has 0 aromatic heterocycles. The fourth-order valence-electron chi connectivity index (χ4n) is 2.24. The fraction of sp³-hybridized carbons (Fsp3) is 0.833. The Hall–Kier alpha value is -1.14. The van der Waals surface area contributed by atoms with E-state index in [0.717, 1.165) is 12.8 Å². The Morgan fingerprint density at radius 1 is 1.50 bits per heavy atom. The molecule has 6 heteroatoms. The third-order valence-corrected chi connectivity index (χ3v) is 3.25. The number of hydrogen-bond acceptors (Lipinski definition) is 4. The lowest BCUT2D eigenvalue weighted by molar-refractivity contribution is -0.152. The summed E-state index contributed by atoms with van der Waals surface area (Å²) >= 11 is 0. The van der Waals surface area contributed by atoms with Crippen molar-refractivity contribution in [3.63, 3.8) is 0 Å². The summed E-state index contributed by atoms with van der Waals surface area (Å²) in [5, 5.41) is 9.10. The summed E-state index contributed by atoms with van der Waals surface area (Å²) in [6.07, 6.45) is 3.44. The monoisotopic (exact) mass is 258 g/mol. The maximum atomic E-state index is 12.1. The maximum Gasteiger partial charge on any atom is 0.326 e. The number of carbonyl (C=O) groups is 2. The second kappa shape index (κ2) is 7.33. The number of nitrogens with zero attached hydrogens (tertiary/aromatic N) is 1. The molecule has 1 saturated heterocycles. The van der Waals surface area contributed by atoms with E-state index in [9.17, 15) is 9.59 Å². The molecule has 1 fully saturated rings. The fourth-order valence-corrected chi connectivity index (χ4v) is 2.24. The number of carboxylic acid groups (broad SMARTS) is 1. The van der Waals surface area contributed by atoms with Gasteiger partial charge in [0.2, 0.25) is 5.91 Å². The average Bonchev–Trinajstić information content (AvgIpc) is 2.38. The summed E-state index contributed by atoms with van der Waals surface area (Å²) in [5.41, 5.74) is 5.81. The molecular weight excluding hydrogens is 236 g/mol. The molecule has 1 aliphatic rings. The van der Waals surface area contributed by atoms with Crippen molar-refractivity contribution in [1.82, 2.24) is 4.90 Å². The van der Waals surface area contributed by atoms with Crippen LogP contribution in [0.15, 0.2) is 0 Å². The molecule has 0 spiro atoms. The molecule has 18 heavy (non-hydrogen) atoms. The van der Waals surface area contributed by atoms with Gasteiger partial charge in [0.25, 0.3) is 0 Å². The molecule has 1 aliphatic heterocycles. The van der Waals surface area contributed by atoms with Gasteiger partial charge in [0.1, 0.15) is 6.04 Å². The first-order valence-corrected chi connectivity index (χ1v) is 6.35. The normalized spacial score (nSPS) is 21.7. The number of carbonyl (C=O) groups excluding carboxylic acids is 1. The molecule has 0 radical (unpaired) electrons. The Labute approximate surface area is 107 Å². The van der Waals surface area contributed by atoms with E-state index in [4.69, 9.17) is 15.6 Å². The summed E-state index contributed by atoms with van der Waals surface area (Å²) in [6.45, 7) is 1.05. The van der Waals surface area contributed by atoms with Gasteiger partial charge < -0.3 is 20.5 Å². The van der Waals surface area contributed by atoms with Crippen LogP contribution in [-0.4, -0.2) is 54.2 Å². The Bertz CT molecular complexity index is 296. The molecule has 1 heterocycles. The molecule has 1 rings (SSSR count). The molecule has 1 amide bonds. The topological polar surface area (TPSA) is 92.9 Å². The highest BCUT2D eigenvalue weighted by atomic mass is 16.5. The second-order valence-electron chi connectivity index (χ2n) is 4.62. The quantitative estimate of drug-likeness (QED) is 0.664. The lowest BCUT2D eigenvalue weighted by atomic mass is 10.0. The van der Waals surface area contributed by atoms with Gasteiger partial charge in [-0.15, -0.1) is 0 Å². The summed E-state index contributed by atoms with van der Waals surface area (Å²) in [4.78, 5) is 24.6. The largest absolute Gasteiger partial charge is 0.480 e. The van der Waals surface area contributed by atoms with E-state index in [0.29, 0.717) is 32.4 Å². The zero-order chi connectivity index (χ0) is 13.5. The Morgan fingerprint density at radius 3 is 2.83 bits per heavy atom. The van der Waals surface area contributed by atoms with Crippen LogP contribution in [0.5, 0.6) is 0 Å². The van der Waals surface area contributed by atoms with Crippen molar-refractivity contribution in [2.45, 2.75) is 44.2 Å².